The van der Waals surface area contributed by atoms with Gasteiger partial charge in [0.05, 0.1) is 10.5 Å². The normalized spacial score (nSPS) is 19.0. The number of ketones is 1. The van der Waals surface area contributed by atoms with Crippen LogP contribution < -0.4 is 5.32 Å². The van der Waals surface area contributed by atoms with Crippen LogP contribution >= 0.6 is 11.8 Å². The number of carbonyl (C=O) groups is 2. The third-order valence-electron chi connectivity index (χ3n) is 5.08. The van der Waals surface area contributed by atoms with Crippen molar-refractivity contribution in [3.05, 3.63) is 62.5 Å². The summed E-state index contributed by atoms with van der Waals surface area (Å²) in [5, 5.41) is 14.5. The van der Waals surface area contributed by atoms with Crippen LogP contribution in [-0.4, -0.2) is 34.8 Å². The third kappa shape index (κ3) is 4.53. The fourth-order valence-electron chi connectivity index (χ4n) is 3.82. The monoisotopic (exact) mass is 416 g/mol. The van der Waals surface area contributed by atoms with Gasteiger partial charge < -0.3 is 10.1 Å². The molecule has 7 nitrogen and oxygen atoms in total. The number of non-ortho nitro benzene ring substituents is 1. The zero-order valence-corrected chi connectivity index (χ0v) is 17.3. The lowest BCUT2D eigenvalue weighted by Crippen LogP contribution is -2.34. The number of rotatable bonds is 7. The summed E-state index contributed by atoms with van der Waals surface area (Å²) in [6.07, 6.45) is 1.85. The van der Waals surface area contributed by atoms with Gasteiger partial charge in [-0.15, -0.1) is 0 Å². The van der Waals surface area contributed by atoms with E-state index in [0.29, 0.717) is 41.0 Å². The first-order valence-electron chi connectivity index (χ1n) is 9.67. The van der Waals surface area contributed by atoms with Gasteiger partial charge >= 0.3 is 5.97 Å². The van der Waals surface area contributed by atoms with Gasteiger partial charge in [0.2, 0.25) is 0 Å². The Kier molecular flexibility index (Phi) is 6.74. The van der Waals surface area contributed by atoms with E-state index in [0.717, 1.165) is 17.9 Å². The Morgan fingerprint density at radius 3 is 2.90 bits per heavy atom. The summed E-state index contributed by atoms with van der Waals surface area (Å²) < 4.78 is 5.47. The standard InChI is InChI=1S/C21H24N2O5S/c1-3-29-11-10-28-21(25)18-13(2)22-16-8-5-9-17(24)20(16)19(18)14-6-4-7-15(12-14)23(26)27/h4,6-7,12,19,22H,3,5,8-11H2,1-2H3/t19-/m0/s1. The van der Waals surface area contributed by atoms with Gasteiger partial charge in [0.1, 0.15) is 6.61 Å². The highest BCUT2D eigenvalue weighted by Gasteiger charge is 2.39. The molecule has 0 saturated heterocycles. The van der Waals surface area contributed by atoms with E-state index in [-0.39, 0.29) is 18.1 Å². The number of nitro groups is 1. The molecule has 2 aliphatic rings. The number of esters is 1. The average molecular weight is 416 g/mol. The smallest absolute Gasteiger partial charge is 0.336 e. The first kappa shape index (κ1) is 21.1. The second-order valence-electron chi connectivity index (χ2n) is 6.95. The van der Waals surface area contributed by atoms with E-state index in [2.05, 4.69) is 5.32 Å². The van der Waals surface area contributed by atoms with Gasteiger partial charge in [0.15, 0.2) is 5.78 Å². The zero-order chi connectivity index (χ0) is 21.0. The second kappa shape index (κ2) is 9.26. The summed E-state index contributed by atoms with van der Waals surface area (Å²) in [4.78, 5) is 36.6. The molecule has 1 aliphatic carbocycles. The number of hydrogen-bond acceptors (Lipinski definition) is 7. The predicted octanol–water partition coefficient (Wildman–Crippen LogP) is 3.86. The lowest BCUT2D eigenvalue weighted by atomic mass is 9.75. The molecule has 1 N–H and O–H groups in total. The summed E-state index contributed by atoms with van der Waals surface area (Å²) in [7, 11) is 0. The van der Waals surface area contributed by atoms with Crippen LogP contribution in [0.2, 0.25) is 0 Å². The summed E-state index contributed by atoms with van der Waals surface area (Å²) >= 11 is 1.67. The maximum atomic E-state index is 13.0. The molecule has 1 aromatic carbocycles. The van der Waals surface area contributed by atoms with Crippen LogP contribution in [0.5, 0.6) is 0 Å². The maximum Gasteiger partial charge on any atom is 0.336 e. The number of dihydropyridines is 1. The van der Waals surface area contributed by atoms with Gasteiger partial charge in [0, 0.05) is 47.2 Å². The molecule has 0 fully saturated rings. The molecule has 0 spiro atoms. The number of nitro benzene ring substituents is 1. The summed E-state index contributed by atoms with van der Waals surface area (Å²) in [5.74, 6) is 0.436. The van der Waals surface area contributed by atoms with Crippen molar-refractivity contribution in [1.29, 1.82) is 0 Å². The first-order chi connectivity index (χ1) is 13.9. The molecule has 29 heavy (non-hydrogen) atoms. The van der Waals surface area contributed by atoms with Gasteiger partial charge in [0.25, 0.3) is 5.69 Å². The van der Waals surface area contributed by atoms with Crippen molar-refractivity contribution in [1.82, 2.24) is 5.32 Å². The topological polar surface area (TPSA) is 98.5 Å². The van der Waals surface area contributed by atoms with Crippen LogP contribution in [0.25, 0.3) is 0 Å². The van der Waals surface area contributed by atoms with Gasteiger partial charge in [-0.3, -0.25) is 14.9 Å². The van der Waals surface area contributed by atoms with Gasteiger partial charge in [-0.25, -0.2) is 4.79 Å². The van der Waals surface area contributed by atoms with Crippen LogP contribution in [0.4, 0.5) is 5.69 Å². The van der Waals surface area contributed by atoms with E-state index < -0.39 is 16.8 Å². The Balaban J connectivity index is 2.03. The molecule has 1 aliphatic heterocycles. The molecule has 1 aromatic rings. The van der Waals surface area contributed by atoms with Crippen molar-refractivity contribution >= 4 is 29.2 Å². The number of thioether (sulfide) groups is 1. The highest BCUT2D eigenvalue weighted by molar-refractivity contribution is 7.99. The predicted molar refractivity (Wildman–Crippen MR) is 112 cm³/mol. The molecular formula is C21H24N2O5S. The van der Waals surface area contributed by atoms with E-state index >= 15 is 0 Å². The van der Waals surface area contributed by atoms with Crippen molar-refractivity contribution in [2.75, 3.05) is 18.1 Å². The molecule has 1 heterocycles. The minimum absolute atomic E-state index is 0.0328. The fourth-order valence-corrected chi connectivity index (χ4v) is 4.31. The fraction of sp³-hybridized carbons (Fsp3) is 0.429. The molecule has 3 rings (SSSR count). The lowest BCUT2D eigenvalue weighted by Gasteiger charge is -2.34. The molecule has 0 amide bonds. The second-order valence-corrected chi connectivity index (χ2v) is 8.34. The number of hydrogen-bond donors (Lipinski definition) is 1. The average Bonchev–Trinajstić information content (AvgIpc) is 2.70. The summed E-state index contributed by atoms with van der Waals surface area (Å²) in [6.45, 7) is 4.09. The molecule has 0 radical (unpaired) electrons. The molecule has 0 unspecified atom stereocenters. The highest BCUT2D eigenvalue weighted by atomic mass is 32.2. The SMILES string of the molecule is CCSCCOC(=O)C1=C(C)NC2=C(C(=O)CCC2)[C@H]1c1cccc([N+](=O)[O-])c1. The van der Waals surface area contributed by atoms with Crippen LogP contribution in [0.1, 0.15) is 44.6 Å². The third-order valence-corrected chi connectivity index (χ3v) is 5.94. The van der Waals surface area contributed by atoms with Crippen LogP contribution in [0.3, 0.4) is 0 Å². The van der Waals surface area contributed by atoms with Gasteiger partial charge in [-0.05, 0) is 31.1 Å². The van der Waals surface area contributed by atoms with Crippen molar-refractivity contribution in [2.45, 2.75) is 39.0 Å². The molecule has 0 bridgehead atoms. The van der Waals surface area contributed by atoms with E-state index in [1.807, 2.05) is 6.92 Å². The van der Waals surface area contributed by atoms with E-state index in [1.54, 1.807) is 30.8 Å². The maximum absolute atomic E-state index is 13.0. The molecule has 1 atom stereocenters. The molecule has 0 aromatic heterocycles. The minimum Gasteiger partial charge on any atom is -0.461 e. The van der Waals surface area contributed by atoms with E-state index in [1.165, 1.54) is 12.1 Å². The first-order valence-corrected chi connectivity index (χ1v) is 10.8. The Morgan fingerprint density at radius 1 is 1.38 bits per heavy atom. The van der Waals surface area contributed by atoms with Gasteiger partial charge in [-0.1, -0.05) is 19.1 Å². The van der Waals surface area contributed by atoms with Crippen LogP contribution in [0.15, 0.2) is 46.8 Å². The minimum atomic E-state index is -0.662. The number of carbonyl (C=O) groups excluding carboxylic acids is 2. The molecule has 8 heteroatoms. The van der Waals surface area contributed by atoms with Crippen molar-refractivity contribution in [3.63, 3.8) is 0 Å². The zero-order valence-electron chi connectivity index (χ0n) is 16.5. The number of benzene rings is 1. The van der Waals surface area contributed by atoms with Crippen LogP contribution in [0, 0.1) is 10.1 Å². The number of nitrogens with zero attached hydrogens (tertiary/aromatic N) is 1. The quantitative estimate of drug-likeness (QED) is 0.312. The van der Waals surface area contributed by atoms with Crippen molar-refractivity contribution in [3.8, 4) is 0 Å². The molecule has 0 saturated carbocycles. The highest BCUT2D eigenvalue weighted by Crippen LogP contribution is 2.43. The number of Topliss-reactive ketones (excluding diaryl/α,β-unsaturated/α-hetero) is 1. The number of nitrogens with one attached hydrogen (secondary N) is 1. The van der Waals surface area contributed by atoms with Gasteiger partial charge in [-0.2, -0.15) is 11.8 Å². The van der Waals surface area contributed by atoms with E-state index in [9.17, 15) is 19.7 Å². The van der Waals surface area contributed by atoms with Crippen LogP contribution in [-0.2, 0) is 14.3 Å². The Morgan fingerprint density at radius 2 is 2.17 bits per heavy atom. The number of allylic oxidation sites excluding steroid dienone is 3. The summed E-state index contributed by atoms with van der Waals surface area (Å²) in [6, 6.07) is 6.15. The molecular weight excluding hydrogens is 392 g/mol. The van der Waals surface area contributed by atoms with Crippen molar-refractivity contribution in [2.24, 2.45) is 0 Å². The Labute approximate surface area is 173 Å². The van der Waals surface area contributed by atoms with E-state index in [4.69, 9.17) is 4.74 Å². The Bertz CT molecular complexity index is 906. The molecule has 154 valence electrons. The Hall–Kier alpha value is -2.61. The number of ether oxygens (including phenoxy) is 1. The summed E-state index contributed by atoms with van der Waals surface area (Å²) in [5.41, 5.74) is 2.78. The largest absolute Gasteiger partial charge is 0.461 e. The lowest BCUT2D eigenvalue weighted by molar-refractivity contribution is -0.384. The van der Waals surface area contributed by atoms with Crippen molar-refractivity contribution < 1.29 is 19.2 Å².